The van der Waals surface area contributed by atoms with Crippen molar-refractivity contribution < 1.29 is 14.3 Å². The van der Waals surface area contributed by atoms with E-state index in [1.807, 2.05) is 35.2 Å². The molecule has 0 unspecified atom stereocenters. The normalized spacial score (nSPS) is 23.0. The van der Waals surface area contributed by atoms with E-state index in [4.69, 9.17) is 9.47 Å². The number of amides is 1. The number of benzene rings is 1. The molecule has 0 radical (unpaired) electrons. The first-order chi connectivity index (χ1) is 12.3. The maximum Gasteiger partial charge on any atom is 0.259 e. The largest absolute Gasteiger partial charge is 0.438 e. The lowest BCUT2D eigenvalue weighted by atomic mass is 9.90. The molecule has 0 spiro atoms. The second kappa shape index (κ2) is 7.23. The predicted octanol–water partition coefficient (Wildman–Crippen LogP) is 3.66. The van der Waals surface area contributed by atoms with Gasteiger partial charge in [-0.1, -0.05) is 31.0 Å². The van der Waals surface area contributed by atoms with Gasteiger partial charge in [0, 0.05) is 12.7 Å². The van der Waals surface area contributed by atoms with Crippen molar-refractivity contribution in [2.75, 3.05) is 13.2 Å². The van der Waals surface area contributed by atoms with Crippen molar-refractivity contribution in [3.05, 3.63) is 54.2 Å². The maximum atomic E-state index is 13.2. The van der Waals surface area contributed by atoms with Crippen LogP contribution < -0.4 is 4.74 Å². The van der Waals surface area contributed by atoms with Crippen molar-refractivity contribution in [2.45, 2.75) is 37.8 Å². The van der Waals surface area contributed by atoms with E-state index < -0.39 is 0 Å². The molecule has 1 aliphatic heterocycles. The lowest BCUT2D eigenvalue weighted by Gasteiger charge is -2.43. The Morgan fingerprint density at radius 3 is 2.84 bits per heavy atom. The number of carbonyl (C=O) groups excluding carboxylic acids is 1. The topological polar surface area (TPSA) is 51.7 Å². The molecular weight excluding hydrogens is 316 g/mol. The highest BCUT2D eigenvalue weighted by Gasteiger charge is 2.37. The SMILES string of the molecule is O=C(c1cccnc1Oc1ccccc1)N1CCO[C@H]2CCCC[C@H]21. The number of para-hydroxylation sites is 1. The molecule has 4 rings (SSSR count). The van der Waals surface area contributed by atoms with E-state index in [1.54, 1.807) is 18.3 Å². The second-order valence-corrected chi connectivity index (χ2v) is 6.53. The average Bonchev–Trinajstić information content (AvgIpc) is 2.68. The fraction of sp³-hybridized carbons (Fsp3) is 0.400. The number of ether oxygens (including phenoxy) is 2. The van der Waals surface area contributed by atoms with Crippen molar-refractivity contribution >= 4 is 5.91 Å². The molecule has 5 heteroatoms. The number of hydrogen-bond donors (Lipinski definition) is 0. The highest BCUT2D eigenvalue weighted by Crippen LogP contribution is 2.31. The van der Waals surface area contributed by atoms with Crippen molar-refractivity contribution in [1.29, 1.82) is 0 Å². The van der Waals surface area contributed by atoms with E-state index in [0.29, 0.717) is 30.3 Å². The molecule has 2 aromatic rings. The number of nitrogens with zero attached hydrogens (tertiary/aromatic N) is 2. The zero-order valence-electron chi connectivity index (χ0n) is 14.1. The van der Waals surface area contributed by atoms with Gasteiger partial charge in [-0.25, -0.2) is 4.98 Å². The quantitative estimate of drug-likeness (QED) is 0.857. The molecule has 25 heavy (non-hydrogen) atoms. The summed E-state index contributed by atoms with van der Waals surface area (Å²) in [6.07, 6.45) is 6.19. The minimum atomic E-state index is -0.0146. The third kappa shape index (κ3) is 3.37. The lowest BCUT2D eigenvalue weighted by Crippen LogP contribution is -2.54. The molecule has 1 saturated heterocycles. The Morgan fingerprint density at radius 1 is 1.12 bits per heavy atom. The summed E-state index contributed by atoms with van der Waals surface area (Å²) in [6, 6.07) is 13.2. The summed E-state index contributed by atoms with van der Waals surface area (Å²) in [5.74, 6) is 1.02. The Morgan fingerprint density at radius 2 is 1.96 bits per heavy atom. The Kier molecular flexibility index (Phi) is 4.65. The van der Waals surface area contributed by atoms with Crippen molar-refractivity contribution in [3.8, 4) is 11.6 Å². The van der Waals surface area contributed by atoms with Gasteiger partial charge in [-0.3, -0.25) is 4.79 Å². The highest BCUT2D eigenvalue weighted by atomic mass is 16.5. The fourth-order valence-corrected chi connectivity index (χ4v) is 3.74. The van der Waals surface area contributed by atoms with E-state index in [2.05, 4.69) is 4.98 Å². The van der Waals surface area contributed by atoms with Crippen molar-refractivity contribution in [3.63, 3.8) is 0 Å². The van der Waals surface area contributed by atoms with E-state index >= 15 is 0 Å². The molecule has 1 amide bonds. The van der Waals surface area contributed by atoms with Crippen LogP contribution in [0.5, 0.6) is 11.6 Å². The van der Waals surface area contributed by atoms with Crippen molar-refractivity contribution in [2.24, 2.45) is 0 Å². The summed E-state index contributed by atoms with van der Waals surface area (Å²) in [5, 5.41) is 0. The molecule has 130 valence electrons. The van der Waals surface area contributed by atoms with Crippen LogP contribution in [0.25, 0.3) is 0 Å². The van der Waals surface area contributed by atoms with Crippen LogP contribution in [0.4, 0.5) is 0 Å². The summed E-state index contributed by atoms with van der Waals surface area (Å²) in [5.41, 5.74) is 0.512. The summed E-state index contributed by atoms with van der Waals surface area (Å²) >= 11 is 0. The van der Waals surface area contributed by atoms with Crippen LogP contribution in [0.2, 0.25) is 0 Å². The minimum absolute atomic E-state index is 0.0146. The number of fused-ring (bicyclic) bond motifs is 1. The van der Waals surface area contributed by atoms with Crippen LogP contribution in [0.1, 0.15) is 36.0 Å². The number of aromatic nitrogens is 1. The van der Waals surface area contributed by atoms with E-state index in [-0.39, 0.29) is 18.1 Å². The molecule has 0 bridgehead atoms. The van der Waals surface area contributed by atoms with Gasteiger partial charge < -0.3 is 14.4 Å². The zero-order valence-corrected chi connectivity index (χ0v) is 14.1. The van der Waals surface area contributed by atoms with Gasteiger partial charge in [0.1, 0.15) is 11.3 Å². The van der Waals surface area contributed by atoms with Crippen LogP contribution in [-0.4, -0.2) is 41.1 Å². The Labute approximate surface area is 147 Å². The van der Waals surface area contributed by atoms with Gasteiger partial charge in [0.25, 0.3) is 5.91 Å². The number of carbonyl (C=O) groups is 1. The van der Waals surface area contributed by atoms with Gasteiger partial charge >= 0.3 is 0 Å². The standard InChI is InChI=1S/C20H22N2O3/c23-20(22-13-14-24-18-11-5-4-10-17(18)22)16-9-6-12-21-19(16)25-15-7-2-1-3-8-15/h1-3,6-9,12,17-18H,4-5,10-11,13-14H2/t17-,18+/m1/s1. The van der Waals surface area contributed by atoms with Crippen LogP contribution in [0, 0.1) is 0 Å². The van der Waals surface area contributed by atoms with Gasteiger partial charge in [0.2, 0.25) is 5.88 Å². The fourth-order valence-electron chi connectivity index (χ4n) is 3.74. The Balaban J connectivity index is 1.59. The smallest absolute Gasteiger partial charge is 0.259 e. The number of morpholine rings is 1. The Bertz CT molecular complexity index is 733. The zero-order chi connectivity index (χ0) is 17.1. The van der Waals surface area contributed by atoms with Crippen molar-refractivity contribution in [1.82, 2.24) is 9.88 Å². The molecule has 1 aromatic carbocycles. The maximum absolute atomic E-state index is 13.2. The van der Waals surface area contributed by atoms with Gasteiger partial charge in [0.15, 0.2) is 0 Å². The third-order valence-corrected chi connectivity index (χ3v) is 4.95. The summed E-state index contributed by atoms with van der Waals surface area (Å²) in [7, 11) is 0. The first kappa shape index (κ1) is 16.1. The molecular formula is C20H22N2O3. The predicted molar refractivity (Wildman–Crippen MR) is 93.8 cm³/mol. The van der Waals surface area contributed by atoms with Crippen LogP contribution in [0.15, 0.2) is 48.7 Å². The van der Waals surface area contributed by atoms with Gasteiger partial charge in [-0.05, 0) is 37.1 Å². The highest BCUT2D eigenvalue weighted by molar-refractivity contribution is 5.96. The number of pyridine rings is 1. The molecule has 1 aromatic heterocycles. The van der Waals surface area contributed by atoms with E-state index in [9.17, 15) is 4.79 Å². The molecule has 2 fully saturated rings. The van der Waals surface area contributed by atoms with Gasteiger partial charge in [-0.15, -0.1) is 0 Å². The summed E-state index contributed by atoms with van der Waals surface area (Å²) in [6.45, 7) is 1.22. The molecule has 2 heterocycles. The molecule has 1 aliphatic carbocycles. The number of hydrogen-bond acceptors (Lipinski definition) is 4. The molecule has 0 N–H and O–H groups in total. The van der Waals surface area contributed by atoms with Crippen LogP contribution in [0.3, 0.4) is 0 Å². The monoisotopic (exact) mass is 338 g/mol. The minimum Gasteiger partial charge on any atom is -0.438 e. The van der Waals surface area contributed by atoms with Crippen LogP contribution >= 0.6 is 0 Å². The summed E-state index contributed by atoms with van der Waals surface area (Å²) < 4.78 is 11.8. The van der Waals surface area contributed by atoms with E-state index in [0.717, 1.165) is 19.3 Å². The number of rotatable bonds is 3. The molecule has 5 nitrogen and oxygen atoms in total. The first-order valence-electron chi connectivity index (χ1n) is 8.93. The lowest BCUT2D eigenvalue weighted by molar-refractivity contribution is -0.0753. The average molecular weight is 338 g/mol. The first-order valence-corrected chi connectivity index (χ1v) is 8.93. The molecule has 2 aliphatic rings. The molecule has 1 saturated carbocycles. The second-order valence-electron chi connectivity index (χ2n) is 6.53. The van der Waals surface area contributed by atoms with Gasteiger partial charge in [0.05, 0.1) is 18.8 Å². The third-order valence-electron chi connectivity index (χ3n) is 4.95. The summed E-state index contributed by atoms with van der Waals surface area (Å²) in [4.78, 5) is 19.5. The van der Waals surface area contributed by atoms with E-state index in [1.165, 1.54) is 6.42 Å². The van der Waals surface area contributed by atoms with Gasteiger partial charge in [-0.2, -0.15) is 0 Å². The Hall–Kier alpha value is -2.40. The molecule has 2 atom stereocenters. The van der Waals surface area contributed by atoms with Crippen LogP contribution in [-0.2, 0) is 4.74 Å².